The Morgan fingerprint density at radius 1 is 1.75 bits per heavy atom. The quantitative estimate of drug-likeness (QED) is 0.476. The number of amidine groups is 1. The average molecular weight is 129 g/mol. The Bertz CT molecular complexity index is 149. The maximum absolute atomic E-state index is 5.39. The summed E-state index contributed by atoms with van der Waals surface area (Å²) in [5.41, 5.74) is 0.829. The van der Waals surface area contributed by atoms with Crippen molar-refractivity contribution in [2.75, 3.05) is 0 Å². The van der Waals surface area contributed by atoms with E-state index in [1.807, 2.05) is 6.92 Å². The Hall–Kier alpha value is -0.500. The van der Waals surface area contributed by atoms with Crippen LogP contribution in [0.3, 0.4) is 0 Å². The Kier molecular flexibility index (Phi) is 1.53. The van der Waals surface area contributed by atoms with Crippen LogP contribution < -0.4 is 5.32 Å². The summed E-state index contributed by atoms with van der Waals surface area (Å²) in [6, 6.07) is 0. The first-order valence-corrected chi connectivity index (χ1v) is 2.77. The van der Waals surface area contributed by atoms with Gasteiger partial charge in [-0.1, -0.05) is 6.92 Å². The van der Waals surface area contributed by atoms with Crippen molar-refractivity contribution in [2.24, 2.45) is 4.99 Å². The monoisotopic (exact) mass is 128 g/mol. The van der Waals surface area contributed by atoms with Gasteiger partial charge in [0, 0.05) is 0 Å². The van der Waals surface area contributed by atoms with E-state index in [4.69, 9.17) is 11.6 Å². The fourth-order valence-electron chi connectivity index (χ4n) is 0.430. The predicted molar refractivity (Wildman–Crippen MR) is 32.5 cm³/mol. The standard InChI is InChI=1S/C5H5ClN2/c1-2-4-3-7-5(6)8-4/h2H2,1H3. The van der Waals surface area contributed by atoms with Crippen molar-refractivity contribution in [1.29, 1.82) is 0 Å². The molecule has 8 heavy (non-hydrogen) atoms. The summed E-state index contributed by atoms with van der Waals surface area (Å²) in [6.07, 6.45) is 3.51. The maximum atomic E-state index is 5.39. The molecular formula is C5H5ClN2. The van der Waals surface area contributed by atoms with Gasteiger partial charge in [0.05, 0.1) is 5.70 Å². The number of hydrogen-bond donors (Lipinski definition) is 0. The van der Waals surface area contributed by atoms with Crippen LogP contribution in [0.4, 0.5) is 0 Å². The minimum atomic E-state index is 0.293. The van der Waals surface area contributed by atoms with E-state index in [9.17, 15) is 0 Å². The second-order valence-corrected chi connectivity index (χ2v) is 1.74. The summed E-state index contributed by atoms with van der Waals surface area (Å²) in [6.45, 7) is 1.98. The molecule has 0 fully saturated rings. The Balaban J connectivity index is 2.58. The van der Waals surface area contributed by atoms with Gasteiger partial charge in [-0.05, 0) is 18.0 Å². The van der Waals surface area contributed by atoms with Crippen LogP contribution in [0.15, 0.2) is 10.7 Å². The van der Waals surface area contributed by atoms with Crippen molar-refractivity contribution in [1.82, 2.24) is 5.32 Å². The van der Waals surface area contributed by atoms with Crippen LogP contribution in [0, 0.1) is 6.20 Å². The van der Waals surface area contributed by atoms with Gasteiger partial charge in [-0.2, -0.15) is 0 Å². The summed E-state index contributed by atoms with van der Waals surface area (Å²) in [7, 11) is 0. The number of nitrogens with zero attached hydrogens (tertiary/aromatic N) is 2. The zero-order valence-electron chi connectivity index (χ0n) is 4.48. The summed E-state index contributed by atoms with van der Waals surface area (Å²) >= 11 is 5.39. The van der Waals surface area contributed by atoms with Crippen LogP contribution in [-0.4, -0.2) is 5.29 Å². The molecule has 0 N–H and O–H groups in total. The molecule has 0 aromatic heterocycles. The predicted octanol–water partition coefficient (Wildman–Crippen LogP) is 1.25. The third kappa shape index (κ3) is 1.01. The molecule has 0 saturated heterocycles. The molecule has 1 heterocycles. The van der Waals surface area contributed by atoms with E-state index in [0.717, 1.165) is 12.1 Å². The molecule has 42 valence electrons. The van der Waals surface area contributed by atoms with Crippen molar-refractivity contribution in [2.45, 2.75) is 13.3 Å². The van der Waals surface area contributed by atoms with Gasteiger partial charge >= 0.3 is 0 Å². The summed E-state index contributed by atoms with van der Waals surface area (Å²) < 4.78 is 0. The minimum Gasteiger partial charge on any atom is -0.221 e. The number of rotatable bonds is 1. The van der Waals surface area contributed by atoms with Crippen LogP contribution in [0.2, 0.25) is 0 Å². The van der Waals surface area contributed by atoms with Crippen molar-refractivity contribution in [3.05, 3.63) is 11.9 Å². The van der Waals surface area contributed by atoms with E-state index >= 15 is 0 Å². The van der Waals surface area contributed by atoms with Gasteiger partial charge in [0.1, 0.15) is 6.20 Å². The van der Waals surface area contributed by atoms with E-state index in [2.05, 4.69) is 16.5 Å². The fourth-order valence-corrected chi connectivity index (χ4v) is 0.574. The molecule has 0 aromatic carbocycles. The van der Waals surface area contributed by atoms with E-state index in [0.29, 0.717) is 5.29 Å². The first kappa shape index (κ1) is 5.63. The Morgan fingerprint density at radius 2 is 2.50 bits per heavy atom. The first-order chi connectivity index (χ1) is 3.83. The van der Waals surface area contributed by atoms with Crippen molar-refractivity contribution < 1.29 is 0 Å². The van der Waals surface area contributed by atoms with Crippen LogP contribution in [0.25, 0.3) is 0 Å². The highest BCUT2D eigenvalue weighted by molar-refractivity contribution is 6.65. The molecule has 2 nitrogen and oxygen atoms in total. The maximum Gasteiger partial charge on any atom is 0.223 e. The van der Waals surface area contributed by atoms with E-state index < -0.39 is 0 Å². The number of halogens is 1. The zero-order valence-corrected chi connectivity index (χ0v) is 5.24. The second kappa shape index (κ2) is 2.18. The molecule has 1 aliphatic heterocycles. The highest BCUT2D eigenvalue weighted by Gasteiger charge is 2.03. The lowest BCUT2D eigenvalue weighted by molar-refractivity contribution is 1.06. The zero-order chi connectivity index (χ0) is 5.98. The molecule has 0 unspecified atom stereocenters. The van der Waals surface area contributed by atoms with Crippen LogP contribution in [-0.2, 0) is 0 Å². The number of allylic oxidation sites excluding steroid dienone is 1. The minimum absolute atomic E-state index is 0.293. The van der Waals surface area contributed by atoms with Gasteiger partial charge in [0.2, 0.25) is 5.29 Å². The van der Waals surface area contributed by atoms with E-state index in [1.165, 1.54) is 0 Å². The normalized spacial score (nSPS) is 17.2. The van der Waals surface area contributed by atoms with Crippen LogP contribution in [0.5, 0.6) is 0 Å². The molecule has 1 rings (SSSR count). The molecule has 0 amide bonds. The molecule has 1 aliphatic rings. The van der Waals surface area contributed by atoms with E-state index in [1.54, 1.807) is 0 Å². The van der Waals surface area contributed by atoms with Crippen LogP contribution in [0.1, 0.15) is 13.3 Å². The second-order valence-electron chi connectivity index (χ2n) is 1.40. The van der Waals surface area contributed by atoms with Gasteiger partial charge in [0.25, 0.3) is 0 Å². The molecule has 2 radical (unpaired) electrons. The summed E-state index contributed by atoms with van der Waals surface area (Å²) in [5.74, 6) is 0. The van der Waals surface area contributed by atoms with Crippen molar-refractivity contribution >= 4 is 16.9 Å². The van der Waals surface area contributed by atoms with Gasteiger partial charge in [0.15, 0.2) is 0 Å². The molecule has 0 spiro atoms. The molecule has 3 heteroatoms. The molecule has 0 aromatic rings. The highest BCUT2D eigenvalue weighted by Crippen LogP contribution is 2.07. The third-order valence-electron chi connectivity index (χ3n) is 0.839. The van der Waals surface area contributed by atoms with Gasteiger partial charge in [-0.3, -0.25) is 0 Å². The van der Waals surface area contributed by atoms with Gasteiger partial charge in [-0.25, -0.2) is 10.3 Å². The molecular weight excluding hydrogens is 124 g/mol. The molecule has 0 atom stereocenters. The first-order valence-electron chi connectivity index (χ1n) is 2.39. The topological polar surface area (TPSA) is 26.5 Å². The highest BCUT2D eigenvalue weighted by atomic mass is 35.5. The number of aliphatic imine (C=N–C) groups is 1. The smallest absolute Gasteiger partial charge is 0.221 e. The van der Waals surface area contributed by atoms with Gasteiger partial charge < -0.3 is 0 Å². The Labute approximate surface area is 53.3 Å². The van der Waals surface area contributed by atoms with Crippen molar-refractivity contribution in [3.8, 4) is 0 Å². The lowest BCUT2D eigenvalue weighted by atomic mass is 10.4. The largest absolute Gasteiger partial charge is 0.223 e. The average Bonchev–Trinajstić information content (AvgIpc) is 2.14. The summed E-state index contributed by atoms with van der Waals surface area (Å²) in [5, 5.41) is 3.91. The lowest BCUT2D eigenvalue weighted by Gasteiger charge is -1.81. The van der Waals surface area contributed by atoms with Crippen LogP contribution >= 0.6 is 11.6 Å². The third-order valence-corrected chi connectivity index (χ3v) is 1.01. The van der Waals surface area contributed by atoms with Gasteiger partial charge in [-0.15, -0.1) is 0 Å². The van der Waals surface area contributed by atoms with Crippen molar-refractivity contribution in [3.63, 3.8) is 0 Å². The Morgan fingerprint density at radius 3 is 2.75 bits per heavy atom. The number of hydrogen-bond acceptors (Lipinski definition) is 1. The molecule has 0 aliphatic carbocycles. The SMILES string of the molecule is CCC1=[C][N]C(Cl)=N1. The molecule has 0 saturated carbocycles. The summed E-state index contributed by atoms with van der Waals surface area (Å²) in [4.78, 5) is 3.83. The van der Waals surface area contributed by atoms with E-state index in [-0.39, 0.29) is 0 Å². The lowest BCUT2D eigenvalue weighted by Crippen LogP contribution is -1.94. The fraction of sp³-hybridized carbons (Fsp3) is 0.400. The molecule has 0 bridgehead atoms.